The molecule has 0 spiro atoms. The zero-order chi connectivity index (χ0) is 20.1. The van der Waals surface area contributed by atoms with E-state index >= 15 is 0 Å². The predicted molar refractivity (Wildman–Crippen MR) is 107 cm³/mol. The summed E-state index contributed by atoms with van der Waals surface area (Å²) in [5.74, 6) is -0.926. The minimum atomic E-state index is -0.796. The molecule has 0 unspecified atom stereocenters. The van der Waals surface area contributed by atoms with Gasteiger partial charge in [-0.1, -0.05) is 12.1 Å². The van der Waals surface area contributed by atoms with Crippen molar-refractivity contribution in [3.8, 4) is 10.4 Å². The number of hydrogen-bond donors (Lipinski definition) is 2. The lowest BCUT2D eigenvalue weighted by atomic mass is 9.88. The number of carboxylic acid groups (broad SMARTS) is 1. The molecule has 1 aliphatic heterocycles. The van der Waals surface area contributed by atoms with Crippen LogP contribution in [0.5, 0.6) is 0 Å². The number of nitrogens with one attached hydrogen (secondary N) is 1. The van der Waals surface area contributed by atoms with E-state index in [0.29, 0.717) is 44.7 Å². The molecule has 3 rings (SSSR count). The maximum Gasteiger partial charge on any atom is 0.309 e. The first-order valence-electron chi connectivity index (χ1n) is 9.27. The number of carbonyl (C=O) groups excluding carboxylic acids is 1. The fourth-order valence-corrected chi connectivity index (χ4v) is 3.68. The van der Waals surface area contributed by atoms with E-state index in [0.717, 1.165) is 15.4 Å². The Hall–Kier alpha value is -2.29. The lowest BCUT2D eigenvalue weighted by molar-refractivity contribution is -0.147. The Kier molecular flexibility index (Phi) is 6.43. The average Bonchev–Trinajstić information content (AvgIpc) is 3.16. The summed E-state index contributed by atoms with van der Waals surface area (Å²) < 4.78 is 5.27. The van der Waals surface area contributed by atoms with Crippen LogP contribution in [0, 0.1) is 5.41 Å². The summed E-state index contributed by atoms with van der Waals surface area (Å²) in [6.07, 6.45) is 2.97. The summed E-state index contributed by atoms with van der Waals surface area (Å²) in [7, 11) is 0. The van der Waals surface area contributed by atoms with E-state index < -0.39 is 11.4 Å². The summed E-state index contributed by atoms with van der Waals surface area (Å²) in [4.78, 5) is 29.0. The van der Waals surface area contributed by atoms with Gasteiger partial charge in [-0.2, -0.15) is 0 Å². The van der Waals surface area contributed by atoms with Crippen molar-refractivity contribution < 1.29 is 19.4 Å². The lowest BCUT2D eigenvalue weighted by Crippen LogP contribution is -2.48. The Balaban J connectivity index is 1.60. The van der Waals surface area contributed by atoms with E-state index in [9.17, 15) is 14.7 Å². The van der Waals surface area contributed by atoms with Gasteiger partial charge in [0, 0.05) is 31.3 Å². The number of morpholine rings is 1. The number of nitrogens with zero attached hydrogens (tertiary/aromatic N) is 2. The van der Waals surface area contributed by atoms with Crippen molar-refractivity contribution in [3.05, 3.63) is 41.0 Å². The normalized spacial score (nSPS) is 15.4. The van der Waals surface area contributed by atoms with Crippen LogP contribution in [0.2, 0.25) is 0 Å². The number of carboxylic acids is 1. The Bertz CT molecular complexity index is 826. The SMILES string of the molecule is CC(C)(CCc1ncc(-c2ccc(C(=O)NN3CCOCC3)cc2)s1)C(=O)O. The number of aryl methyl sites for hydroxylation is 1. The molecule has 0 atom stereocenters. The number of aliphatic carboxylic acids is 1. The van der Waals surface area contributed by atoms with E-state index in [1.165, 1.54) is 0 Å². The van der Waals surface area contributed by atoms with Gasteiger partial charge in [-0.15, -0.1) is 11.3 Å². The van der Waals surface area contributed by atoms with Crippen molar-refractivity contribution in [1.82, 2.24) is 15.4 Å². The van der Waals surface area contributed by atoms with Crippen LogP contribution in [0.25, 0.3) is 10.4 Å². The van der Waals surface area contributed by atoms with Gasteiger partial charge < -0.3 is 9.84 Å². The molecule has 8 heteroatoms. The second kappa shape index (κ2) is 8.81. The van der Waals surface area contributed by atoms with Crippen LogP contribution in [-0.4, -0.2) is 53.3 Å². The Morgan fingerprint density at radius 2 is 1.93 bits per heavy atom. The minimum absolute atomic E-state index is 0.130. The van der Waals surface area contributed by atoms with Crippen molar-refractivity contribution in [2.75, 3.05) is 26.3 Å². The molecule has 1 aromatic carbocycles. The molecule has 28 heavy (non-hydrogen) atoms. The van der Waals surface area contributed by atoms with Gasteiger partial charge in [0.1, 0.15) is 0 Å². The van der Waals surface area contributed by atoms with Crippen molar-refractivity contribution in [2.24, 2.45) is 5.41 Å². The molecule has 7 nitrogen and oxygen atoms in total. The molecule has 0 saturated carbocycles. The van der Waals surface area contributed by atoms with Crippen LogP contribution in [0.3, 0.4) is 0 Å². The number of ether oxygens (including phenoxy) is 1. The molecular weight excluding hydrogens is 378 g/mol. The third-order valence-corrected chi connectivity index (χ3v) is 5.90. The number of hydrazine groups is 1. The molecule has 1 saturated heterocycles. The first-order chi connectivity index (χ1) is 13.3. The number of amides is 1. The smallest absolute Gasteiger partial charge is 0.309 e. The molecule has 2 aromatic rings. The van der Waals surface area contributed by atoms with Gasteiger partial charge in [0.2, 0.25) is 0 Å². The molecular formula is C20H25N3O4S. The van der Waals surface area contributed by atoms with Crippen molar-refractivity contribution in [3.63, 3.8) is 0 Å². The summed E-state index contributed by atoms with van der Waals surface area (Å²) in [6.45, 7) is 6.07. The van der Waals surface area contributed by atoms with E-state index in [1.807, 2.05) is 17.1 Å². The fraction of sp³-hybridized carbons (Fsp3) is 0.450. The van der Waals surface area contributed by atoms with Crippen LogP contribution in [-0.2, 0) is 16.0 Å². The number of rotatable bonds is 7. The number of benzene rings is 1. The van der Waals surface area contributed by atoms with E-state index in [1.54, 1.807) is 43.5 Å². The maximum atomic E-state index is 12.3. The van der Waals surface area contributed by atoms with E-state index in [2.05, 4.69) is 10.4 Å². The number of hydrogen-bond acceptors (Lipinski definition) is 6. The van der Waals surface area contributed by atoms with Gasteiger partial charge in [0.15, 0.2) is 0 Å². The number of carbonyl (C=O) groups is 2. The largest absolute Gasteiger partial charge is 0.481 e. The van der Waals surface area contributed by atoms with Gasteiger partial charge in [-0.3, -0.25) is 15.0 Å². The molecule has 0 aliphatic carbocycles. The molecule has 0 bridgehead atoms. The zero-order valence-corrected chi connectivity index (χ0v) is 16.9. The molecule has 2 heterocycles. The van der Waals surface area contributed by atoms with Gasteiger partial charge in [-0.05, 0) is 38.0 Å². The van der Waals surface area contributed by atoms with E-state index in [-0.39, 0.29) is 5.91 Å². The highest BCUT2D eigenvalue weighted by atomic mass is 32.1. The first kappa shape index (κ1) is 20.4. The van der Waals surface area contributed by atoms with Crippen LogP contribution >= 0.6 is 11.3 Å². The van der Waals surface area contributed by atoms with E-state index in [4.69, 9.17) is 4.74 Å². The molecule has 1 aliphatic rings. The molecule has 0 radical (unpaired) electrons. The highest BCUT2D eigenvalue weighted by molar-refractivity contribution is 7.15. The maximum absolute atomic E-state index is 12.3. The van der Waals surface area contributed by atoms with Gasteiger partial charge in [0.25, 0.3) is 5.91 Å². The van der Waals surface area contributed by atoms with Crippen LogP contribution < -0.4 is 5.43 Å². The van der Waals surface area contributed by atoms with Crippen LogP contribution in [0.15, 0.2) is 30.5 Å². The average molecular weight is 404 g/mol. The summed E-state index contributed by atoms with van der Waals surface area (Å²) in [5, 5.41) is 12.0. The van der Waals surface area contributed by atoms with Crippen molar-refractivity contribution >= 4 is 23.2 Å². The predicted octanol–water partition coefficient (Wildman–Crippen LogP) is 2.83. The van der Waals surface area contributed by atoms with Crippen molar-refractivity contribution in [2.45, 2.75) is 26.7 Å². The lowest BCUT2D eigenvalue weighted by Gasteiger charge is -2.26. The Morgan fingerprint density at radius 1 is 1.25 bits per heavy atom. The number of thiazole rings is 1. The standard InChI is InChI=1S/C20H25N3O4S/c1-20(2,19(25)26)8-7-17-21-13-16(28-17)14-3-5-15(6-4-14)18(24)22-23-9-11-27-12-10-23/h3-6,13H,7-12H2,1-2H3,(H,22,24)(H,25,26). The summed E-state index contributed by atoms with van der Waals surface area (Å²) in [6, 6.07) is 7.43. The van der Waals surface area contributed by atoms with Crippen LogP contribution in [0.4, 0.5) is 0 Å². The Labute approximate surface area is 168 Å². The molecule has 1 aromatic heterocycles. The molecule has 2 N–H and O–H groups in total. The Morgan fingerprint density at radius 3 is 2.57 bits per heavy atom. The third kappa shape index (κ3) is 5.15. The molecule has 1 amide bonds. The monoisotopic (exact) mass is 403 g/mol. The van der Waals surface area contributed by atoms with Gasteiger partial charge in [0.05, 0.1) is 28.5 Å². The minimum Gasteiger partial charge on any atom is -0.481 e. The van der Waals surface area contributed by atoms with Crippen LogP contribution in [0.1, 0.15) is 35.6 Å². The second-order valence-electron chi connectivity index (χ2n) is 7.42. The first-order valence-corrected chi connectivity index (χ1v) is 10.1. The highest BCUT2D eigenvalue weighted by Crippen LogP contribution is 2.29. The number of aromatic nitrogens is 1. The fourth-order valence-electron chi connectivity index (χ4n) is 2.75. The quantitative estimate of drug-likeness (QED) is 0.739. The van der Waals surface area contributed by atoms with Crippen molar-refractivity contribution in [1.29, 1.82) is 0 Å². The van der Waals surface area contributed by atoms with Gasteiger partial charge >= 0.3 is 5.97 Å². The topological polar surface area (TPSA) is 91.8 Å². The second-order valence-corrected chi connectivity index (χ2v) is 8.54. The molecule has 1 fully saturated rings. The highest BCUT2D eigenvalue weighted by Gasteiger charge is 2.27. The summed E-state index contributed by atoms with van der Waals surface area (Å²) in [5.41, 5.74) is 3.72. The molecule has 150 valence electrons. The van der Waals surface area contributed by atoms with Gasteiger partial charge in [-0.25, -0.2) is 9.99 Å². The third-order valence-electron chi connectivity index (χ3n) is 4.80. The summed E-state index contributed by atoms with van der Waals surface area (Å²) >= 11 is 1.55. The zero-order valence-electron chi connectivity index (χ0n) is 16.1.